The largest absolute Gasteiger partial charge is 0.461 e. The Bertz CT molecular complexity index is 1890. The lowest BCUT2D eigenvalue weighted by atomic mass is 10.0. The second-order valence-electron chi connectivity index (χ2n) is 11.3. The van der Waals surface area contributed by atoms with Gasteiger partial charge in [-0.15, -0.1) is 0 Å². The van der Waals surface area contributed by atoms with Crippen molar-refractivity contribution in [1.29, 1.82) is 0 Å². The van der Waals surface area contributed by atoms with Gasteiger partial charge < -0.3 is 23.9 Å². The number of pyridine rings is 1. The summed E-state index contributed by atoms with van der Waals surface area (Å²) in [6, 6.07) is 20.9. The van der Waals surface area contributed by atoms with Crippen LogP contribution in [0.5, 0.6) is 11.5 Å². The third-order valence-electron chi connectivity index (χ3n) is 7.46. The molecule has 0 aliphatic heterocycles. The van der Waals surface area contributed by atoms with Gasteiger partial charge in [-0.2, -0.15) is 13.2 Å². The van der Waals surface area contributed by atoms with Crippen LogP contribution in [0.3, 0.4) is 0 Å². The van der Waals surface area contributed by atoms with E-state index in [2.05, 4.69) is 4.98 Å². The highest BCUT2D eigenvalue weighted by molar-refractivity contribution is 5.95. The number of esters is 1. The van der Waals surface area contributed by atoms with E-state index in [9.17, 15) is 22.8 Å². The lowest BCUT2D eigenvalue weighted by Crippen LogP contribution is -2.24. The fraction of sp³-hybridized carbons (Fsp3) is 0.257. The quantitative estimate of drug-likeness (QED) is 0.129. The molecule has 2 heterocycles. The van der Waals surface area contributed by atoms with Crippen LogP contribution < -0.4 is 10.3 Å². The molecule has 0 atom stereocenters. The molecule has 45 heavy (non-hydrogen) atoms. The van der Waals surface area contributed by atoms with Crippen LogP contribution in [-0.4, -0.2) is 47.7 Å². The van der Waals surface area contributed by atoms with Crippen molar-refractivity contribution >= 4 is 16.9 Å². The normalized spacial score (nSPS) is 11.7. The first kappa shape index (κ1) is 31.6. The van der Waals surface area contributed by atoms with Gasteiger partial charge >= 0.3 is 12.1 Å². The number of hydrogen-bond acceptors (Lipinski definition) is 5. The lowest BCUT2D eigenvalue weighted by Gasteiger charge is -2.18. The van der Waals surface area contributed by atoms with Crippen molar-refractivity contribution < 1.29 is 27.4 Å². The number of aryl methyl sites for hydroxylation is 2. The van der Waals surface area contributed by atoms with Gasteiger partial charge in [0.15, 0.2) is 0 Å². The van der Waals surface area contributed by atoms with Gasteiger partial charge in [0.2, 0.25) is 0 Å². The number of fused-ring (bicyclic) bond motifs is 1. The summed E-state index contributed by atoms with van der Waals surface area (Å²) in [7, 11) is 3.91. The van der Waals surface area contributed by atoms with E-state index in [1.165, 1.54) is 4.57 Å². The van der Waals surface area contributed by atoms with E-state index in [0.29, 0.717) is 35.4 Å². The Hall–Kier alpha value is -4.83. The van der Waals surface area contributed by atoms with E-state index >= 15 is 0 Å². The number of H-pyrrole nitrogens is 1. The second-order valence-corrected chi connectivity index (χ2v) is 11.3. The molecule has 5 aromatic rings. The fourth-order valence-electron chi connectivity index (χ4n) is 5.09. The molecule has 234 valence electrons. The van der Waals surface area contributed by atoms with Gasteiger partial charge in [-0.25, -0.2) is 4.79 Å². The molecule has 10 heteroatoms. The van der Waals surface area contributed by atoms with Crippen molar-refractivity contribution in [2.75, 3.05) is 27.2 Å². The molecule has 0 fully saturated rings. The molecule has 3 aromatic carbocycles. The van der Waals surface area contributed by atoms with E-state index in [1.54, 1.807) is 48.5 Å². The monoisotopic (exact) mass is 617 g/mol. The van der Waals surface area contributed by atoms with E-state index in [0.717, 1.165) is 46.6 Å². The van der Waals surface area contributed by atoms with Crippen molar-refractivity contribution in [3.8, 4) is 22.8 Å². The topological polar surface area (TPSA) is 76.6 Å². The summed E-state index contributed by atoms with van der Waals surface area (Å²) >= 11 is 0. The predicted molar refractivity (Wildman–Crippen MR) is 168 cm³/mol. The minimum absolute atomic E-state index is 0.124. The SMILES string of the molecule is Cc1ccc(Cn2c(-c3ccc(Oc4ccc5[nH]c(C(=O)OCCCN(C)C)cc5c4)cc3)cc(C(F)(F)F)cc2=O)c(C)c1. The Balaban J connectivity index is 1.37. The Morgan fingerprint density at radius 1 is 0.911 bits per heavy atom. The number of alkyl halides is 3. The summed E-state index contributed by atoms with van der Waals surface area (Å²) in [6.07, 6.45) is -3.94. The zero-order chi connectivity index (χ0) is 32.3. The van der Waals surface area contributed by atoms with Gasteiger partial charge in [-0.1, -0.05) is 23.8 Å². The molecule has 0 radical (unpaired) electrons. The van der Waals surface area contributed by atoms with Crippen LogP contribution >= 0.6 is 0 Å². The summed E-state index contributed by atoms with van der Waals surface area (Å²) in [5, 5.41) is 0.753. The zero-order valence-electron chi connectivity index (χ0n) is 25.5. The van der Waals surface area contributed by atoms with Gasteiger partial charge in [0, 0.05) is 23.5 Å². The summed E-state index contributed by atoms with van der Waals surface area (Å²) in [5.74, 6) is 0.518. The maximum Gasteiger partial charge on any atom is 0.416 e. The minimum Gasteiger partial charge on any atom is -0.461 e. The fourth-order valence-corrected chi connectivity index (χ4v) is 5.09. The summed E-state index contributed by atoms with van der Waals surface area (Å²) in [6.45, 7) is 5.12. The number of carbonyl (C=O) groups is 1. The molecule has 5 rings (SSSR count). The van der Waals surface area contributed by atoms with Crippen molar-refractivity contribution in [2.24, 2.45) is 0 Å². The number of nitrogens with one attached hydrogen (secondary N) is 1. The van der Waals surface area contributed by atoms with Crippen LogP contribution in [-0.2, 0) is 17.5 Å². The molecule has 0 unspecified atom stereocenters. The molecule has 0 bridgehead atoms. The number of ether oxygens (including phenoxy) is 2. The molecule has 0 saturated heterocycles. The maximum atomic E-state index is 13.7. The van der Waals surface area contributed by atoms with Crippen LogP contribution in [0.4, 0.5) is 13.2 Å². The maximum absolute atomic E-state index is 13.7. The van der Waals surface area contributed by atoms with Crippen molar-refractivity contribution in [1.82, 2.24) is 14.5 Å². The minimum atomic E-state index is -4.67. The molecule has 7 nitrogen and oxygen atoms in total. The molecular weight excluding hydrogens is 583 g/mol. The summed E-state index contributed by atoms with van der Waals surface area (Å²) < 4.78 is 53.8. The first-order valence-corrected chi connectivity index (χ1v) is 14.5. The Labute approximate surface area is 258 Å². The van der Waals surface area contributed by atoms with Gasteiger partial charge in [-0.3, -0.25) is 4.79 Å². The smallest absolute Gasteiger partial charge is 0.416 e. The lowest BCUT2D eigenvalue weighted by molar-refractivity contribution is -0.137. The van der Waals surface area contributed by atoms with Crippen LogP contribution in [0, 0.1) is 13.8 Å². The van der Waals surface area contributed by atoms with Gasteiger partial charge in [0.05, 0.1) is 24.4 Å². The standard InChI is InChI=1S/C35H34F3N3O4/c1-22-6-7-25(23(2)16-22)21-41-32(19-27(20-33(41)42)35(36,37)38)24-8-10-28(11-9-24)45-29-12-13-30-26(17-29)18-31(39-30)34(43)44-15-5-14-40(3)4/h6-13,16-20,39H,5,14-15,21H2,1-4H3. The Morgan fingerprint density at radius 3 is 2.33 bits per heavy atom. The Kier molecular flexibility index (Phi) is 9.15. The first-order valence-electron chi connectivity index (χ1n) is 14.5. The molecule has 2 aromatic heterocycles. The van der Waals surface area contributed by atoms with E-state index in [1.807, 2.05) is 51.0 Å². The van der Waals surface area contributed by atoms with Crippen LogP contribution in [0.2, 0.25) is 0 Å². The van der Waals surface area contributed by atoms with Gasteiger partial charge in [0.25, 0.3) is 5.56 Å². The number of carbonyl (C=O) groups excluding carboxylic acids is 1. The highest BCUT2D eigenvalue weighted by atomic mass is 19.4. The second kappa shape index (κ2) is 13.0. The molecule has 0 saturated carbocycles. The Morgan fingerprint density at radius 2 is 1.64 bits per heavy atom. The molecular formula is C35H34F3N3O4. The zero-order valence-corrected chi connectivity index (χ0v) is 25.5. The number of nitrogens with zero attached hydrogens (tertiary/aromatic N) is 2. The summed E-state index contributed by atoms with van der Waals surface area (Å²) in [4.78, 5) is 30.6. The number of hydrogen-bond donors (Lipinski definition) is 1. The molecule has 0 aliphatic rings. The number of rotatable bonds is 10. The van der Waals surface area contributed by atoms with Crippen LogP contribution in [0.15, 0.2) is 83.7 Å². The molecule has 0 amide bonds. The number of aromatic amines is 1. The number of aromatic nitrogens is 2. The van der Waals surface area contributed by atoms with Crippen LogP contribution in [0.1, 0.15) is 39.2 Å². The number of halogens is 3. The van der Waals surface area contributed by atoms with Crippen molar-refractivity contribution in [3.63, 3.8) is 0 Å². The molecule has 0 aliphatic carbocycles. The number of benzene rings is 3. The summed E-state index contributed by atoms with van der Waals surface area (Å²) in [5.41, 5.74) is 2.75. The van der Waals surface area contributed by atoms with E-state index in [-0.39, 0.29) is 12.2 Å². The average molecular weight is 618 g/mol. The van der Waals surface area contributed by atoms with Crippen LogP contribution in [0.25, 0.3) is 22.2 Å². The van der Waals surface area contributed by atoms with E-state index < -0.39 is 23.3 Å². The highest BCUT2D eigenvalue weighted by Gasteiger charge is 2.32. The third-order valence-corrected chi connectivity index (χ3v) is 7.46. The van der Waals surface area contributed by atoms with Crippen molar-refractivity contribution in [3.05, 3.63) is 117 Å². The predicted octanol–water partition coefficient (Wildman–Crippen LogP) is 7.58. The average Bonchev–Trinajstić information content (AvgIpc) is 3.41. The molecule has 0 spiro atoms. The molecule has 1 N–H and O–H groups in total. The van der Waals surface area contributed by atoms with Crippen molar-refractivity contribution in [2.45, 2.75) is 33.0 Å². The third kappa shape index (κ3) is 7.64. The van der Waals surface area contributed by atoms with E-state index in [4.69, 9.17) is 9.47 Å². The first-order chi connectivity index (χ1) is 21.4. The van der Waals surface area contributed by atoms with Gasteiger partial charge in [-0.05, 0) is 106 Å². The highest BCUT2D eigenvalue weighted by Crippen LogP contribution is 2.33. The van der Waals surface area contributed by atoms with Gasteiger partial charge in [0.1, 0.15) is 17.2 Å².